The van der Waals surface area contributed by atoms with E-state index >= 15 is 0 Å². The van der Waals surface area contributed by atoms with Gasteiger partial charge in [0.1, 0.15) is 29.9 Å². The standard InChI is InChI=1S/C19H29FN2O4/c1-19(2,3)26-18(24)21-15-8-10-22(11-9-15)12-16(23)13-25-17-6-4-14(20)5-7-17/h4-7,15-16,23H,8-13H2,1-3H3,(H,21,24)/t16-/m0/s1. The third-order valence-corrected chi connectivity index (χ3v) is 4.03. The number of hydrogen-bond donors (Lipinski definition) is 2. The Balaban J connectivity index is 1.64. The summed E-state index contributed by atoms with van der Waals surface area (Å²) in [5.41, 5.74) is -0.501. The van der Waals surface area contributed by atoms with Crippen LogP contribution in [0.15, 0.2) is 24.3 Å². The van der Waals surface area contributed by atoms with Gasteiger partial charge < -0.3 is 24.8 Å². The Morgan fingerprint density at radius 1 is 1.31 bits per heavy atom. The number of hydrogen-bond acceptors (Lipinski definition) is 5. The molecule has 6 nitrogen and oxygen atoms in total. The minimum Gasteiger partial charge on any atom is -0.491 e. The first-order chi connectivity index (χ1) is 12.2. The summed E-state index contributed by atoms with van der Waals surface area (Å²) in [6, 6.07) is 5.81. The number of nitrogens with zero attached hydrogens (tertiary/aromatic N) is 1. The normalized spacial score (nSPS) is 17.6. The van der Waals surface area contributed by atoms with Gasteiger partial charge in [-0.25, -0.2) is 9.18 Å². The molecule has 1 aromatic carbocycles. The van der Waals surface area contributed by atoms with E-state index in [0.29, 0.717) is 12.3 Å². The molecule has 1 saturated heterocycles. The second-order valence-electron chi connectivity index (χ2n) is 7.64. The number of aliphatic hydroxyl groups is 1. The summed E-state index contributed by atoms with van der Waals surface area (Å²) in [4.78, 5) is 13.9. The third-order valence-electron chi connectivity index (χ3n) is 4.03. The van der Waals surface area contributed by atoms with Gasteiger partial charge in [0.2, 0.25) is 0 Å². The van der Waals surface area contributed by atoms with E-state index < -0.39 is 11.7 Å². The van der Waals surface area contributed by atoms with Gasteiger partial charge in [-0.05, 0) is 57.9 Å². The number of benzene rings is 1. The van der Waals surface area contributed by atoms with E-state index in [2.05, 4.69) is 10.2 Å². The Kier molecular flexibility index (Phi) is 7.23. The summed E-state index contributed by atoms with van der Waals surface area (Å²) in [5, 5.41) is 13.0. The molecule has 0 unspecified atom stereocenters. The molecule has 1 aliphatic rings. The maximum Gasteiger partial charge on any atom is 0.407 e. The van der Waals surface area contributed by atoms with Crippen LogP contribution in [-0.2, 0) is 4.74 Å². The lowest BCUT2D eigenvalue weighted by atomic mass is 10.0. The quantitative estimate of drug-likeness (QED) is 0.808. The number of likely N-dealkylation sites (tertiary alicyclic amines) is 1. The summed E-state index contributed by atoms with van der Waals surface area (Å²) in [6.07, 6.45) is 0.606. The minimum atomic E-state index is -0.629. The van der Waals surface area contributed by atoms with Gasteiger partial charge >= 0.3 is 6.09 Å². The highest BCUT2D eigenvalue weighted by atomic mass is 19.1. The number of ether oxygens (including phenoxy) is 2. The van der Waals surface area contributed by atoms with Crippen LogP contribution in [0.4, 0.5) is 9.18 Å². The number of piperidine rings is 1. The molecule has 0 bridgehead atoms. The Hall–Kier alpha value is -1.86. The van der Waals surface area contributed by atoms with Crippen molar-refractivity contribution < 1.29 is 23.8 Å². The topological polar surface area (TPSA) is 71.0 Å². The molecule has 1 amide bonds. The van der Waals surface area contributed by atoms with E-state index in [-0.39, 0.29) is 24.6 Å². The number of alkyl carbamates (subject to hydrolysis) is 1. The monoisotopic (exact) mass is 368 g/mol. The zero-order valence-corrected chi connectivity index (χ0v) is 15.7. The molecule has 1 atom stereocenters. The molecular weight excluding hydrogens is 339 g/mol. The van der Waals surface area contributed by atoms with E-state index in [1.54, 1.807) is 0 Å². The average Bonchev–Trinajstić information content (AvgIpc) is 2.54. The SMILES string of the molecule is CC(C)(C)OC(=O)NC1CCN(C[C@H](O)COc2ccc(F)cc2)CC1. The van der Waals surface area contributed by atoms with Crippen molar-refractivity contribution >= 4 is 6.09 Å². The molecule has 2 N–H and O–H groups in total. The van der Waals surface area contributed by atoms with Gasteiger partial charge in [0.15, 0.2) is 0 Å². The first kappa shape index (κ1) is 20.5. The van der Waals surface area contributed by atoms with Crippen molar-refractivity contribution in [2.45, 2.75) is 51.4 Å². The lowest BCUT2D eigenvalue weighted by Gasteiger charge is -2.33. The maximum absolute atomic E-state index is 12.8. The van der Waals surface area contributed by atoms with Gasteiger partial charge in [-0.15, -0.1) is 0 Å². The molecule has 1 heterocycles. The molecule has 26 heavy (non-hydrogen) atoms. The van der Waals surface area contributed by atoms with Crippen LogP contribution in [0.5, 0.6) is 5.75 Å². The van der Waals surface area contributed by atoms with Crippen LogP contribution in [0.3, 0.4) is 0 Å². The predicted molar refractivity (Wildman–Crippen MR) is 96.7 cm³/mol. The fraction of sp³-hybridized carbons (Fsp3) is 0.632. The van der Waals surface area contributed by atoms with Crippen LogP contribution in [0.1, 0.15) is 33.6 Å². The van der Waals surface area contributed by atoms with Crippen molar-refractivity contribution in [1.82, 2.24) is 10.2 Å². The highest BCUT2D eigenvalue weighted by molar-refractivity contribution is 5.68. The Morgan fingerprint density at radius 2 is 1.92 bits per heavy atom. The Labute approximate surface area is 154 Å². The van der Waals surface area contributed by atoms with E-state index in [9.17, 15) is 14.3 Å². The molecule has 1 fully saturated rings. The van der Waals surface area contributed by atoms with Crippen LogP contribution in [0, 0.1) is 5.82 Å². The second-order valence-corrected chi connectivity index (χ2v) is 7.64. The fourth-order valence-corrected chi connectivity index (χ4v) is 2.81. The van der Waals surface area contributed by atoms with Crippen molar-refractivity contribution in [3.8, 4) is 5.75 Å². The molecule has 7 heteroatoms. The Morgan fingerprint density at radius 3 is 2.50 bits per heavy atom. The van der Waals surface area contributed by atoms with Gasteiger partial charge in [0, 0.05) is 25.7 Å². The molecule has 1 aromatic rings. The fourth-order valence-electron chi connectivity index (χ4n) is 2.81. The summed E-state index contributed by atoms with van der Waals surface area (Å²) in [5.74, 6) is 0.214. The highest BCUT2D eigenvalue weighted by Gasteiger charge is 2.24. The second kappa shape index (κ2) is 9.19. The van der Waals surface area contributed by atoms with E-state index in [4.69, 9.17) is 9.47 Å². The van der Waals surface area contributed by atoms with Crippen molar-refractivity contribution in [2.24, 2.45) is 0 Å². The number of nitrogens with one attached hydrogen (secondary N) is 1. The highest BCUT2D eigenvalue weighted by Crippen LogP contribution is 2.14. The van der Waals surface area contributed by atoms with Gasteiger partial charge in [-0.3, -0.25) is 0 Å². The first-order valence-corrected chi connectivity index (χ1v) is 8.99. The van der Waals surface area contributed by atoms with Gasteiger partial charge in [-0.1, -0.05) is 0 Å². The number of aliphatic hydroxyl groups excluding tert-OH is 1. The number of β-amino-alcohol motifs (C(OH)–C–C–N with tert-alkyl or cyclic N) is 1. The summed E-state index contributed by atoms with van der Waals surface area (Å²) >= 11 is 0. The number of amides is 1. The molecule has 0 radical (unpaired) electrons. The molecule has 146 valence electrons. The average molecular weight is 368 g/mol. The molecule has 0 saturated carbocycles. The molecule has 1 aliphatic heterocycles. The van der Waals surface area contributed by atoms with Crippen LogP contribution in [0.25, 0.3) is 0 Å². The van der Waals surface area contributed by atoms with Crippen molar-refractivity contribution in [3.05, 3.63) is 30.1 Å². The van der Waals surface area contributed by atoms with Gasteiger partial charge in [-0.2, -0.15) is 0 Å². The van der Waals surface area contributed by atoms with Gasteiger partial charge in [0.05, 0.1) is 0 Å². The van der Waals surface area contributed by atoms with Crippen molar-refractivity contribution in [2.75, 3.05) is 26.2 Å². The zero-order chi connectivity index (χ0) is 19.2. The summed E-state index contributed by atoms with van der Waals surface area (Å²) in [6.45, 7) is 7.74. The summed E-state index contributed by atoms with van der Waals surface area (Å²) < 4.78 is 23.6. The van der Waals surface area contributed by atoms with E-state index in [0.717, 1.165) is 25.9 Å². The molecule has 0 aromatic heterocycles. The number of rotatable bonds is 6. The van der Waals surface area contributed by atoms with Crippen LogP contribution in [-0.4, -0.2) is 60.1 Å². The third kappa shape index (κ3) is 7.58. The number of carbonyl (C=O) groups excluding carboxylic acids is 1. The van der Waals surface area contributed by atoms with Crippen LogP contribution in [0.2, 0.25) is 0 Å². The maximum atomic E-state index is 12.8. The van der Waals surface area contributed by atoms with Crippen LogP contribution >= 0.6 is 0 Å². The zero-order valence-electron chi connectivity index (χ0n) is 15.7. The molecule has 0 spiro atoms. The molecule has 2 rings (SSSR count). The number of halogens is 1. The minimum absolute atomic E-state index is 0.0914. The van der Waals surface area contributed by atoms with Crippen LogP contribution < -0.4 is 10.1 Å². The van der Waals surface area contributed by atoms with Crippen molar-refractivity contribution in [3.63, 3.8) is 0 Å². The summed E-state index contributed by atoms with van der Waals surface area (Å²) in [7, 11) is 0. The molecule has 0 aliphatic carbocycles. The lowest BCUT2D eigenvalue weighted by molar-refractivity contribution is 0.0421. The van der Waals surface area contributed by atoms with Crippen molar-refractivity contribution in [1.29, 1.82) is 0 Å². The molecular formula is C19H29FN2O4. The van der Waals surface area contributed by atoms with E-state index in [1.807, 2.05) is 20.8 Å². The lowest BCUT2D eigenvalue weighted by Crippen LogP contribution is -2.48. The Bertz CT molecular complexity index is 566. The largest absolute Gasteiger partial charge is 0.491 e. The van der Waals surface area contributed by atoms with E-state index in [1.165, 1.54) is 24.3 Å². The van der Waals surface area contributed by atoms with Gasteiger partial charge in [0.25, 0.3) is 0 Å². The first-order valence-electron chi connectivity index (χ1n) is 8.99. The predicted octanol–water partition coefficient (Wildman–Crippen LogP) is 2.55. The number of carbonyl (C=O) groups is 1. The smallest absolute Gasteiger partial charge is 0.407 e.